The monoisotopic (exact) mass is 319 g/mol. The van der Waals surface area contributed by atoms with E-state index in [2.05, 4.69) is 11.4 Å². The van der Waals surface area contributed by atoms with Crippen molar-refractivity contribution < 1.29 is 9.90 Å². The van der Waals surface area contributed by atoms with Gasteiger partial charge in [0.15, 0.2) is 0 Å². The molecule has 22 heavy (non-hydrogen) atoms. The number of carbonyl (C=O) groups is 1. The summed E-state index contributed by atoms with van der Waals surface area (Å²) in [6, 6.07) is 11.7. The average Bonchev–Trinajstić information content (AvgIpc) is 2.41. The third-order valence-electron chi connectivity index (χ3n) is 4.06. The minimum Gasteiger partial charge on any atom is -0.465 e. The molecule has 0 aromatic heterocycles. The summed E-state index contributed by atoms with van der Waals surface area (Å²) < 4.78 is 0. The number of nitrogens with one attached hydrogen (secondary N) is 1. The van der Waals surface area contributed by atoms with Gasteiger partial charge in [-0.2, -0.15) is 0 Å². The van der Waals surface area contributed by atoms with Crippen LogP contribution in [0.25, 0.3) is 10.8 Å². The molecule has 2 rings (SSSR count). The molecule has 0 saturated carbocycles. The fourth-order valence-corrected chi connectivity index (χ4v) is 3.32. The van der Waals surface area contributed by atoms with E-state index in [1.165, 1.54) is 0 Å². The molecule has 0 spiro atoms. The van der Waals surface area contributed by atoms with Gasteiger partial charge in [-0.05, 0) is 33.9 Å². The highest BCUT2D eigenvalue weighted by Gasteiger charge is 2.32. The van der Waals surface area contributed by atoms with Crippen LogP contribution >= 0.6 is 11.6 Å². The minimum absolute atomic E-state index is 0.000278. The maximum atomic E-state index is 11.2. The summed E-state index contributed by atoms with van der Waals surface area (Å²) in [7, 11) is 0. The van der Waals surface area contributed by atoms with E-state index in [4.69, 9.17) is 11.6 Å². The number of benzene rings is 2. The maximum absolute atomic E-state index is 11.2. The number of amides is 1. The van der Waals surface area contributed by atoms with Gasteiger partial charge in [0.05, 0.1) is 0 Å². The molecular weight excluding hydrogens is 298 g/mol. The Morgan fingerprint density at radius 2 is 1.86 bits per heavy atom. The van der Waals surface area contributed by atoms with E-state index in [0.29, 0.717) is 5.02 Å². The molecule has 2 aromatic rings. The lowest BCUT2D eigenvalue weighted by atomic mass is 9.76. The normalized spacial score (nSPS) is 14.6. The van der Waals surface area contributed by atoms with E-state index in [0.717, 1.165) is 16.3 Å². The first kappa shape index (κ1) is 16.6. The van der Waals surface area contributed by atoms with Gasteiger partial charge in [-0.25, -0.2) is 4.79 Å². The van der Waals surface area contributed by atoms with Gasteiger partial charge >= 0.3 is 6.09 Å². The Labute approximate surface area is 136 Å². The summed E-state index contributed by atoms with van der Waals surface area (Å²) in [5.74, 6) is -0.000278. The van der Waals surface area contributed by atoms with Gasteiger partial charge in [-0.15, -0.1) is 0 Å². The van der Waals surface area contributed by atoms with Crippen molar-refractivity contribution in [2.75, 3.05) is 0 Å². The largest absolute Gasteiger partial charge is 0.465 e. The van der Waals surface area contributed by atoms with Crippen LogP contribution in [-0.2, 0) is 0 Å². The molecule has 2 aromatic carbocycles. The summed E-state index contributed by atoms with van der Waals surface area (Å²) in [5, 5.41) is 14.7. The first-order valence-electron chi connectivity index (χ1n) is 7.38. The molecular formula is C18H22ClNO2. The molecule has 1 amide bonds. The van der Waals surface area contributed by atoms with Gasteiger partial charge in [-0.3, -0.25) is 0 Å². The Bertz CT molecular complexity index is 691. The topological polar surface area (TPSA) is 49.3 Å². The highest BCUT2D eigenvalue weighted by atomic mass is 35.5. The third-order valence-corrected chi connectivity index (χ3v) is 4.28. The van der Waals surface area contributed by atoms with Crippen LogP contribution < -0.4 is 5.32 Å². The first-order chi connectivity index (χ1) is 10.2. The zero-order valence-electron chi connectivity index (χ0n) is 13.4. The SMILES string of the molecule is CC(c1cc(Cl)cc2ccccc12)C(NC(=O)O)C(C)(C)C. The Morgan fingerprint density at radius 1 is 1.23 bits per heavy atom. The van der Waals surface area contributed by atoms with Gasteiger partial charge in [-0.1, -0.05) is 63.6 Å². The maximum Gasteiger partial charge on any atom is 0.404 e. The molecule has 2 N–H and O–H groups in total. The molecule has 0 aliphatic carbocycles. The molecule has 0 heterocycles. The van der Waals surface area contributed by atoms with Crippen molar-refractivity contribution in [3.8, 4) is 0 Å². The van der Waals surface area contributed by atoms with Crippen molar-refractivity contribution >= 4 is 28.5 Å². The summed E-state index contributed by atoms with van der Waals surface area (Å²) in [5.41, 5.74) is 0.859. The van der Waals surface area contributed by atoms with Crippen LogP contribution in [0.15, 0.2) is 36.4 Å². The van der Waals surface area contributed by atoms with Gasteiger partial charge in [0.25, 0.3) is 0 Å². The second-order valence-corrected chi connectivity index (χ2v) is 7.23. The fraction of sp³-hybridized carbons (Fsp3) is 0.389. The highest BCUT2D eigenvalue weighted by molar-refractivity contribution is 6.31. The van der Waals surface area contributed by atoms with Gasteiger partial charge in [0, 0.05) is 17.0 Å². The van der Waals surface area contributed by atoms with Crippen LogP contribution in [0.4, 0.5) is 4.79 Å². The molecule has 0 fully saturated rings. The molecule has 0 saturated heterocycles. The smallest absolute Gasteiger partial charge is 0.404 e. The number of hydrogen-bond acceptors (Lipinski definition) is 1. The van der Waals surface area contributed by atoms with E-state index >= 15 is 0 Å². The highest BCUT2D eigenvalue weighted by Crippen LogP contribution is 2.36. The van der Waals surface area contributed by atoms with E-state index < -0.39 is 6.09 Å². The Hall–Kier alpha value is -1.74. The first-order valence-corrected chi connectivity index (χ1v) is 7.75. The molecule has 3 nitrogen and oxygen atoms in total. The molecule has 2 atom stereocenters. The predicted molar refractivity (Wildman–Crippen MR) is 91.8 cm³/mol. The Morgan fingerprint density at radius 3 is 2.45 bits per heavy atom. The van der Waals surface area contributed by atoms with E-state index in [1.807, 2.05) is 58.0 Å². The Kier molecular flexibility index (Phi) is 4.66. The number of rotatable bonds is 3. The van der Waals surface area contributed by atoms with Crippen LogP contribution in [0.3, 0.4) is 0 Å². The third kappa shape index (κ3) is 3.53. The number of halogens is 1. The van der Waals surface area contributed by atoms with Crippen LogP contribution in [0.2, 0.25) is 5.02 Å². The quantitative estimate of drug-likeness (QED) is 0.808. The van der Waals surface area contributed by atoms with Gasteiger partial charge in [0.2, 0.25) is 0 Å². The Balaban J connectivity index is 2.55. The summed E-state index contributed by atoms with van der Waals surface area (Å²) >= 11 is 6.26. The lowest BCUT2D eigenvalue weighted by Crippen LogP contribution is -2.46. The van der Waals surface area contributed by atoms with E-state index in [9.17, 15) is 9.90 Å². The molecule has 0 aliphatic rings. The molecule has 2 unspecified atom stereocenters. The van der Waals surface area contributed by atoms with E-state index in [-0.39, 0.29) is 17.4 Å². The molecule has 0 bridgehead atoms. The second-order valence-electron chi connectivity index (χ2n) is 6.80. The molecule has 0 radical (unpaired) electrons. The van der Waals surface area contributed by atoms with Crippen molar-refractivity contribution in [2.45, 2.75) is 39.7 Å². The van der Waals surface area contributed by atoms with Gasteiger partial charge in [0.1, 0.15) is 0 Å². The second kappa shape index (κ2) is 6.17. The predicted octanol–water partition coefficient (Wildman–Crippen LogP) is 5.28. The minimum atomic E-state index is -1.00. The van der Waals surface area contributed by atoms with Crippen molar-refractivity contribution in [1.29, 1.82) is 0 Å². The zero-order chi connectivity index (χ0) is 16.5. The van der Waals surface area contributed by atoms with Crippen molar-refractivity contribution in [3.05, 3.63) is 47.0 Å². The van der Waals surface area contributed by atoms with Crippen LogP contribution in [0.5, 0.6) is 0 Å². The van der Waals surface area contributed by atoms with Crippen molar-refractivity contribution in [3.63, 3.8) is 0 Å². The van der Waals surface area contributed by atoms with Crippen molar-refractivity contribution in [2.24, 2.45) is 5.41 Å². The van der Waals surface area contributed by atoms with Crippen LogP contribution in [-0.4, -0.2) is 17.2 Å². The van der Waals surface area contributed by atoms with E-state index in [1.54, 1.807) is 0 Å². The zero-order valence-corrected chi connectivity index (χ0v) is 14.1. The summed E-state index contributed by atoms with van der Waals surface area (Å²) in [6.07, 6.45) is -1.00. The van der Waals surface area contributed by atoms with Crippen LogP contribution in [0, 0.1) is 5.41 Å². The van der Waals surface area contributed by atoms with Crippen LogP contribution in [0.1, 0.15) is 39.2 Å². The van der Waals surface area contributed by atoms with Crippen molar-refractivity contribution in [1.82, 2.24) is 5.32 Å². The molecule has 118 valence electrons. The lowest BCUT2D eigenvalue weighted by molar-refractivity contribution is 0.168. The average molecular weight is 320 g/mol. The van der Waals surface area contributed by atoms with Gasteiger partial charge < -0.3 is 10.4 Å². The molecule has 4 heteroatoms. The standard InChI is InChI=1S/C18H22ClNO2/c1-11(16(18(2,3)4)20-17(21)22)15-10-13(19)9-12-7-5-6-8-14(12)15/h5-11,16,20H,1-4H3,(H,21,22). The number of hydrogen-bond donors (Lipinski definition) is 2. The summed E-state index contributed by atoms with van der Waals surface area (Å²) in [4.78, 5) is 11.2. The lowest BCUT2D eigenvalue weighted by Gasteiger charge is -2.36. The summed E-state index contributed by atoms with van der Waals surface area (Å²) in [6.45, 7) is 8.16. The number of carboxylic acid groups (broad SMARTS) is 1. The fourth-order valence-electron chi connectivity index (χ4n) is 3.08. The number of fused-ring (bicyclic) bond motifs is 1. The molecule has 0 aliphatic heterocycles.